The van der Waals surface area contributed by atoms with Crippen LogP contribution in [0.4, 0.5) is 8.78 Å². The van der Waals surface area contributed by atoms with Gasteiger partial charge in [0.25, 0.3) is 0 Å². The van der Waals surface area contributed by atoms with Gasteiger partial charge in [-0.05, 0) is 24.5 Å². The maximum Gasteiger partial charge on any atom is 0.148 e. The Bertz CT molecular complexity index is 375. The van der Waals surface area contributed by atoms with Crippen LogP contribution < -0.4 is 0 Å². The first-order valence-electron chi connectivity index (χ1n) is 4.35. The van der Waals surface area contributed by atoms with Crippen molar-refractivity contribution < 1.29 is 13.9 Å². The lowest BCUT2D eigenvalue weighted by molar-refractivity contribution is 0.252. The molecule has 1 fully saturated rings. The molecular formula is C10H9ClF2O. The van der Waals surface area contributed by atoms with Gasteiger partial charge in [-0.3, -0.25) is 0 Å². The summed E-state index contributed by atoms with van der Waals surface area (Å²) < 4.78 is 26.3. The van der Waals surface area contributed by atoms with E-state index in [2.05, 4.69) is 0 Å². The van der Waals surface area contributed by atoms with Crippen LogP contribution in [0, 0.1) is 11.6 Å². The monoisotopic (exact) mass is 218 g/mol. The summed E-state index contributed by atoms with van der Waals surface area (Å²) >= 11 is 5.44. The first kappa shape index (κ1) is 9.87. The van der Waals surface area contributed by atoms with E-state index in [0.29, 0.717) is 5.56 Å². The van der Waals surface area contributed by atoms with E-state index >= 15 is 0 Å². The molecule has 0 saturated heterocycles. The van der Waals surface area contributed by atoms with Gasteiger partial charge >= 0.3 is 0 Å². The molecule has 1 N–H and O–H groups in total. The van der Waals surface area contributed by atoms with E-state index in [-0.39, 0.29) is 6.61 Å². The van der Waals surface area contributed by atoms with Crippen LogP contribution in [0.25, 0.3) is 0 Å². The molecule has 0 unspecified atom stereocenters. The molecule has 0 amide bonds. The van der Waals surface area contributed by atoms with Gasteiger partial charge in [-0.15, -0.1) is 0 Å². The standard InChI is InChI=1S/C10H9ClF2O/c11-8-7(12)2-1-6(9(8)13)10(5-14)3-4-10/h1-2,14H,3-5H2. The molecule has 1 aliphatic carbocycles. The largest absolute Gasteiger partial charge is 0.395 e. The smallest absolute Gasteiger partial charge is 0.148 e. The molecule has 0 radical (unpaired) electrons. The fourth-order valence-corrected chi connectivity index (χ4v) is 1.76. The molecule has 0 atom stereocenters. The molecule has 0 aliphatic heterocycles. The third kappa shape index (κ3) is 1.31. The summed E-state index contributed by atoms with van der Waals surface area (Å²) in [5.74, 6) is -1.50. The summed E-state index contributed by atoms with van der Waals surface area (Å²) in [6.45, 7) is -0.119. The van der Waals surface area contributed by atoms with E-state index in [1.165, 1.54) is 6.07 Å². The Morgan fingerprint density at radius 1 is 1.36 bits per heavy atom. The number of hydrogen-bond acceptors (Lipinski definition) is 1. The maximum atomic E-state index is 13.5. The van der Waals surface area contributed by atoms with E-state index in [4.69, 9.17) is 16.7 Å². The Morgan fingerprint density at radius 3 is 2.50 bits per heavy atom. The first-order chi connectivity index (χ1) is 6.60. The van der Waals surface area contributed by atoms with Crippen molar-refractivity contribution in [2.75, 3.05) is 6.61 Å². The van der Waals surface area contributed by atoms with Gasteiger partial charge in [0, 0.05) is 5.41 Å². The predicted molar refractivity (Wildman–Crippen MR) is 49.4 cm³/mol. The third-order valence-electron chi connectivity index (χ3n) is 2.76. The second-order valence-electron chi connectivity index (χ2n) is 3.66. The molecule has 1 nitrogen and oxygen atoms in total. The van der Waals surface area contributed by atoms with E-state index in [0.717, 1.165) is 18.9 Å². The first-order valence-corrected chi connectivity index (χ1v) is 4.73. The zero-order valence-electron chi connectivity index (χ0n) is 7.36. The normalized spacial score (nSPS) is 18.3. The maximum absolute atomic E-state index is 13.5. The van der Waals surface area contributed by atoms with Gasteiger partial charge in [0.2, 0.25) is 0 Å². The minimum Gasteiger partial charge on any atom is -0.395 e. The highest BCUT2D eigenvalue weighted by atomic mass is 35.5. The highest BCUT2D eigenvalue weighted by molar-refractivity contribution is 6.31. The van der Waals surface area contributed by atoms with E-state index in [1.54, 1.807) is 0 Å². The van der Waals surface area contributed by atoms with Gasteiger partial charge in [-0.25, -0.2) is 8.78 Å². The lowest BCUT2D eigenvalue weighted by atomic mass is 9.96. The Labute approximate surface area is 85.3 Å². The molecule has 0 aromatic heterocycles. The summed E-state index contributed by atoms with van der Waals surface area (Å²) in [4.78, 5) is 0. The predicted octanol–water partition coefficient (Wildman–Crippen LogP) is 2.64. The fourth-order valence-electron chi connectivity index (χ4n) is 1.60. The lowest BCUT2D eigenvalue weighted by Crippen LogP contribution is -2.14. The molecule has 1 aliphatic rings. The van der Waals surface area contributed by atoms with Crippen molar-refractivity contribution in [2.45, 2.75) is 18.3 Å². The van der Waals surface area contributed by atoms with Crippen LogP contribution in [0.1, 0.15) is 18.4 Å². The van der Waals surface area contributed by atoms with Crippen LogP contribution in [0.5, 0.6) is 0 Å². The number of aliphatic hydroxyl groups excluding tert-OH is 1. The van der Waals surface area contributed by atoms with Crippen LogP contribution in [0.2, 0.25) is 5.02 Å². The highest BCUT2D eigenvalue weighted by Gasteiger charge is 2.46. The van der Waals surface area contributed by atoms with Gasteiger partial charge in [0.1, 0.15) is 16.7 Å². The summed E-state index contributed by atoms with van der Waals surface area (Å²) in [7, 11) is 0. The summed E-state index contributed by atoms with van der Waals surface area (Å²) in [6, 6.07) is 2.50. The Hall–Kier alpha value is -0.670. The Morgan fingerprint density at radius 2 is 2.00 bits per heavy atom. The Balaban J connectivity index is 2.50. The highest BCUT2D eigenvalue weighted by Crippen LogP contribution is 2.49. The van der Waals surface area contributed by atoms with Gasteiger partial charge in [-0.1, -0.05) is 17.7 Å². The van der Waals surface area contributed by atoms with Crippen molar-refractivity contribution in [3.63, 3.8) is 0 Å². The number of rotatable bonds is 2. The SMILES string of the molecule is OCC1(c2ccc(F)c(Cl)c2F)CC1. The van der Waals surface area contributed by atoms with Crippen LogP contribution >= 0.6 is 11.6 Å². The van der Waals surface area contributed by atoms with E-state index in [1.807, 2.05) is 0 Å². The quantitative estimate of drug-likeness (QED) is 0.757. The summed E-state index contributed by atoms with van der Waals surface area (Å²) in [6.07, 6.45) is 1.45. The van der Waals surface area contributed by atoms with Crippen molar-refractivity contribution in [3.8, 4) is 0 Å². The zero-order chi connectivity index (χ0) is 10.3. The van der Waals surface area contributed by atoms with Crippen molar-refractivity contribution >= 4 is 11.6 Å². The van der Waals surface area contributed by atoms with Crippen LogP contribution in [-0.2, 0) is 5.41 Å². The van der Waals surface area contributed by atoms with Crippen molar-refractivity contribution in [1.29, 1.82) is 0 Å². The van der Waals surface area contributed by atoms with Gasteiger partial charge in [0.15, 0.2) is 0 Å². The van der Waals surface area contributed by atoms with Crippen LogP contribution in [0.15, 0.2) is 12.1 Å². The van der Waals surface area contributed by atoms with E-state index in [9.17, 15) is 8.78 Å². The molecular weight excluding hydrogens is 210 g/mol. The van der Waals surface area contributed by atoms with Gasteiger partial charge in [0.05, 0.1) is 6.61 Å². The van der Waals surface area contributed by atoms with Crippen LogP contribution in [0.3, 0.4) is 0 Å². The van der Waals surface area contributed by atoms with Crippen molar-refractivity contribution in [3.05, 3.63) is 34.4 Å². The van der Waals surface area contributed by atoms with Gasteiger partial charge in [-0.2, -0.15) is 0 Å². The number of hydrogen-bond donors (Lipinski definition) is 1. The molecule has 4 heteroatoms. The average molecular weight is 219 g/mol. The second kappa shape index (κ2) is 3.17. The molecule has 1 aromatic carbocycles. The molecule has 1 saturated carbocycles. The van der Waals surface area contributed by atoms with Crippen molar-refractivity contribution in [1.82, 2.24) is 0 Å². The molecule has 1 aromatic rings. The topological polar surface area (TPSA) is 20.2 Å². The lowest BCUT2D eigenvalue weighted by Gasteiger charge is -2.13. The zero-order valence-corrected chi connectivity index (χ0v) is 8.11. The minimum absolute atomic E-state index is 0.119. The number of aliphatic hydroxyl groups is 1. The molecule has 0 spiro atoms. The average Bonchev–Trinajstić information content (AvgIpc) is 2.95. The fraction of sp³-hybridized carbons (Fsp3) is 0.400. The minimum atomic E-state index is -0.762. The number of halogens is 3. The Kier molecular flexibility index (Phi) is 2.24. The molecule has 0 bridgehead atoms. The molecule has 14 heavy (non-hydrogen) atoms. The van der Waals surface area contributed by atoms with Crippen LogP contribution in [-0.4, -0.2) is 11.7 Å². The van der Waals surface area contributed by atoms with Gasteiger partial charge < -0.3 is 5.11 Å². The summed E-state index contributed by atoms with van der Waals surface area (Å²) in [5, 5.41) is 8.61. The van der Waals surface area contributed by atoms with E-state index < -0.39 is 22.1 Å². The molecule has 2 rings (SSSR count). The molecule has 0 heterocycles. The number of benzene rings is 1. The summed E-state index contributed by atoms with van der Waals surface area (Å²) in [5.41, 5.74) is -0.187. The molecule has 76 valence electrons. The third-order valence-corrected chi connectivity index (χ3v) is 3.11. The second-order valence-corrected chi connectivity index (χ2v) is 4.04. The van der Waals surface area contributed by atoms with Crippen molar-refractivity contribution in [2.24, 2.45) is 0 Å².